The van der Waals surface area contributed by atoms with Gasteiger partial charge in [0.05, 0.1) is 15.9 Å². The molecule has 144 valence electrons. The van der Waals surface area contributed by atoms with Crippen LogP contribution in [0.5, 0.6) is 11.5 Å². The zero-order valence-corrected chi connectivity index (χ0v) is 15.1. The van der Waals surface area contributed by atoms with Gasteiger partial charge in [-0.15, -0.1) is 15.0 Å². The van der Waals surface area contributed by atoms with Crippen LogP contribution in [0.1, 0.15) is 5.56 Å². The Labute approximate surface area is 163 Å². The third kappa shape index (κ3) is 3.46. The Morgan fingerprint density at radius 1 is 0.862 bits per heavy atom. The second-order valence-corrected chi connectivity index (χ2v) is 6.22. The molecular formula is C19H13N5O5. The molecule has 4 rings (SSSR count). The molecule has 4 aromatic rings. The summed E-state index contributed by atoms with van der Waals surface area (Å²) in [5.41, 5.74) is 1.85. The SMILES string of the molecule is Cc1ccc(Oc2ccc([N+](=O)[O-])cc2[N+](=O)[O-])c(-n2nc3ccccc3n2)c1. The molecule has 0 saturated heterocycles. The van der Waals surface area contributed by atoms with E-state index < -0.39 is 21.2 Å². The number of hydrogen-bond donors (Lipinski definition) is 0. The molecule has 0 fully saturated rings. The van der Waals surface area contributed by atoms with Gasteiger partial charge in [0.1, 0.15) is 16.7 Å². The lowest BCUT2D eigenvalue weighted by Crippen LogP contribution is -2.03. The smallest absolute Gasteiger partial charge is 0.318 e. The Morgan fingerprint density at radius 3 is 2.14 bits per heavy atom. The Bertz CT molecular complexity index is 1230. The van der Waals surface area contributed by atoms with E-state index in [1.54, 1.807) is 18.2 Å². The van der Waals surface area contributed by atoms with Gasteiger partial charge in [0.15, 0.2) is 5.75 Å². The van der Waals surface area contributed by atoms with Gasteiger partial charge < -0.3 is 4.74 Å². The summed E-state index contributed by atoms with van der Waals surface area (Å²) in [5.74, 6) is 0.148. The van der Waals surface area contributed by atoms with E-state index >= 15 is 0 Å². The van der Waals surface area contributed by atoms with Gasteiger partial charge in [-0.3, -0.25) is 20.2 Å². The van der Waals surface area contributed by atoms with E-state index in [1.165, 1.54) is 10.9 Å². The fourth-order valence-corrected chi connectivity index (χ4v) is 2.80. The lowest BCUT2D eigenvalue weighted by Gasteiger charge is -2.11. The third-order valence-electron chi connectivity index (χ3n) is 4.19. The lowest BCUT2D eigenvalue weighted by molar-refractivity contribution is -0.394. The minimum Gasteiger partial charge on any atom is -0.448 e. The highest BCUT2D eigenvalue weighted by Crippen LogP contribution is 2.36. The van der Waals surface area contributed by atoms with E-state index in [-0.39, 0.29) is 11.5 Å². The Balaban J connectivity index is 1.81. The van der Waals surface area contributed by atoms with Crippen LogP contribution >= 0.6 is 0 Å². The average Bonchev–Trinajstić information content (AvgIpc) is 3.13. The van der Waals surface area contributed by atoms with Gasteiger partial charge in [-0.25, -0.2) is 0 Å². The molecule has 10 heteroatoms. The molecule has 0 aliphatic carbocycles. The van der Waals surface area contributed by atoms with Gasteiger partial charge in [0.25, 0.3) is 5.69 Å². The predicted molar refractivity (Wildman–Crippen MR) is 103 cm³/mol. The number of non-ortho nitro benzene ring substituents is 1. The van der Waals surface area contributed by atoms with E-state index in [0.29, 0.717) is 16.7 Å². The highest BCUT2D eigenvalue weighted by Gasteiger charge is 2.22. The maximum Gasteiger partial charge on any atom is 0.318 e. The standard InChI is InChI=1S/C19H13N5O5/c1-12-6-8-18(16(10-12)22-20-14-4-2-3-5-15(14)21-22)29-19-9-7-13(23(25)26)11-17(19)24(27)28/h2-11H,1H3. The minimum absolute atomic E-state index is 0.123. The van der Waals surface area contributed by atoms with Gasteiger partial charge in [0.2, 0.25) is 5.75 Å². The molecule has 0 saturated carbocycles. The molecule has 1 heterocycles. The van der Waals surface area contributed by atoms with Crippen LogP contribution in [-0.4, -0.2) is 24.8 Å². The van der Waals surface area contributed by atoms with Crippen molar-refractivity contribution in [1.29, 1.82) is 0 Å². The second kappa shape index (κ2) is 7.00. The van der Waals surface area contributed by atoms with Crippen molar-refractivity contribution in [3.05, 3.63) is 86.5 Å². The summed E-state index contributed by atoms with van der Waals surface area (Å²) >= 11 is 0. The fourth-order valence-electron chi connectivity index (χ4n) is 2.80. The molecule has 0 aliphatic heterocycles. The van der Waals surface area contributed by atoms with Crippen LogP contribution in [0.2, 0.25) is 0 Å². The number of nitrogens with zero attached hydrogens (tertiary/aromatic N) is 5. The van der Waals surface area contributed by atoms with Crippen LogP contribution in [0, 0.1) is 27.2 Å². The molecule has 1 aromatic heterocycles. The summed E-state index contributed by atoms with van der Waals surface area (Å²) in [5, 5.41) is 31.2. The monoisotopic (exact) mass is 391 g/mol. The van der Waals surface area contributed by atoms with Gasteiger partial charge in [-0.2, -0.15) is 0 Å². The second-order valence-electron chi connectivity index (χ2n) is 6.22. The molecule has 0 amide bonds. The number of nitro benzene ring substituents is 2. The number of benzene rings is 3. The van der Waals surface area contributed by atoms with Crippen molar-refractivity contribution >= 4 is 22.4 Å². The van der Waals surface area contributed by atoms with Crippen molar-refractivity contribution in [2.24, 2.45) is 0 Å². The van der Waals surface area contributed by atoms with Crippen molar-refractivity contribution in [2.75, 3.05) is 0 Å². The zero-order valence-electron chi connectivity index (χ0n) is 15.1. The number of nitro groups is 2. The first-order valence-corrected chi connectivity index (χ1v) is 8.46. The summed E-state index contributed by atoms with van der Waals surface area (Å²) in [6.45, 7) is 1.88. The van der Waals surface area contributed by atoms with Crippen LogP contribution in [0.15, 0.2) is 60.7 Å². The molecule has 29 heavy (non-hydrogen) atoms. The van der Waals surface area contributed by atoms with Crippen LogP contribution in [0.4, 0.5) is 11.4 Å². The molecule has 0 aliphatic rings. The first-order valence-electron chi connectivity index (χ1n) is 8.46. The summed E-state index contributed by atoms with van der Waals surface area (Å²) in [6, 6.07) is 15.7. The van der Waals surface area contributed by atoms with Crippen molar-refractivity contribution in [2.45, 2.75) is 6.92 Å². The molecule has 0 bridgehead atoms. The van der Waals surface area contributed by atoms with Crippen LogP contribution in [-0.2, 0) is 0 Å². The van der Waals surface area contributed by atoms with Crippen LogP contribution in [0.25, 0.3) is 16.7 Å². The highest BCUT2D eigenvalue weighted by molar-refractivity contribution is 5.73. The van der Waals surface area contributed by atoms with E-state index in [9.17, 15) is 20.2 Å². The first-order chi connectivity index (χ1) is 13.9. The maximum atomic E-state index is 11.4. The largest absolute Gasteiger partial charge is 0.448 e. The Morgan fingerprint density at radius 2 is 1.52 bits per heavy atom. The molecule has 0 unspecified atom stereocenters. The van der Waals surface area contributed by atoms with Crippen LogP contribution in [0.3, 0.4) is 0 Å². The van der Waals surface area contributed by atoms with Crippen molar-refractivity contribution in [1.82, 2.24) is 15.0 Å². The molecule has 10 nitrogen and oxygen atoms in total. The van der Waals surface area contributed by atoms with Gasteiger partial charge in [0, 0.05) is 6.07 Å². The molecular weight excluding hydrogens is 378 g/mol. The number of ether oxygens (including phenoxy) is 1. The van der Waals surface area contributed by atoms with Gasteiger partial charge in [-0.1, -0.05) is 18.2 Å². The van der Waals surface area contributed by atoms with Crippen molar-refractivity contribution in [3.63, 3.8) is 0 Å². The van der Waals surface area contributed by atoms with Gasteiger partial charge in [-0.05, 0) is 42.8 Å². The summed E-state index contributed by atoms with van der Waals surface area (Å²) in [4.78, 5) is 22.3. The van der Waals surface area contributed by atoms with E-state index in [0.717, 1.165) is 17.7 Å². The molecule has 0 atom stereocenters. The number of aromatic nitrogens is 3. The van der Waals surface area contributed by atoms with Crippen molar-refractivity contribution in [3.8, 4) is 17.2 Å². The van der Waals surface area contributed by atoms with Gasteiger partial charge >= 0.3 is 5.69 Å². The number of rotatable bonds is 5. The maximum absolute atomic E-state index is 11.4. The first kappa shape index (κ1) is 18.0. The predicted octanol–water partition coefficient (Wildman–Crippen LogP) is 4.34. The summed E-state index contributed by atoms with van der Waals surface area (Å²) in [6.07, 6.45) is 0. The number of fused-ring (bicyclic) bond motifs is 1. The Kier molecular flexibility index (Phi) is 4.36. The lowest BCUT2D eigenvalue weighted by atomic mass is 10.2. The van der Waals surface area contributed by atoms with Crippen molar-refractivity contribution < 1.29 is 14.6 Å². The Hall–Kier alpha value is -4.34. The van der Waals surface area contributed by atoms with E-state index in [4.69, 9.17) is 4.74 Å². The van der Waals surface area contributed by atoms with E-state index in [2.05, 4.69) is 10.2 Å². The summed E-state index contributed by atoms with van der Waals surface area (Å²) in [7, 11) is 0. The van der Waals surface area contributed by atoms with E-state index in [1.807, 2.05) is 31.2 Å². The number of hydrogen-bond acceptors (Lipinski definition) is 7. The molecule has 3 aromatic carbocycles. The average molecular weight is 391 g/mol. The highest BCUT2D eigenvalue weighted by atomic mass is 16.6. The minimum atomic E-state index is -0.726. The van der Waals surface area contributed by atoms with Crippen LogP contribution < -0.4 is 4.74 Å². The summed E-state index contributed by atoms with van der Waals surface area (Å²) < 4.78 is 5.78. The fraction of sp³-hybridized carbons (Fsp3) is 0.0526. The normalized spacial score (nSPS) is 10.8. The molecule has 0 radical (unpaired) electrons. The molecule has 0 spiro atoms. The quantitative estimate of drug-likeness (QED) is 0.366. The molecule has 0 N–H and O–H groups in total. The third-order valence-corrected chi connectivity index (χ3v) is 4.19. The zero-order chi connectivity index (χ0) is 20.5. The number of aryl methyl sites for hydroxylation is 1. The topological polar surface area (TPSA) is 126 Å².